The van der Waals surface area contributed by atoms with Gasteiger partial charge in [-0.05, 0) is 60.4 Å². The molecule has 13 heavy (non-hydrogen) atoms. The second-order valence-corrected chi connectivity index (χ2v) is 4.91. The Labute approximate surface area is 93.1 Å². The van der Waals surface area contributed by atoms with Gasteiger partial charge < -0.3 is 5.32 Å². The lowest BCUT2D eigenvalue weighted by molar-refractivity contribution is 0.694. The highest BCUT2D eigenvalue weighted by atomic mass is 127. The summed E-state index contributed by atoms with van der Waals surface area (Å²) in [7, 11) is 0. The van der Waals surface area contributed by atoms with Crippen LogP contribution in [0.4, 0.5) is 5.69 Å². The first-order valence-electron chi connectivity index (χ1n) is 4.78. The molecule has 0 heterocycles. The second-order valence-electron chi connectivity index (χ2n) is 3.75. The smallest absolute Gasteiger partial charge is 0.0478 e. The van der Waals surface area contributed by atoms with E-state index in [0.717, 1.165) is 5.92 Å². The van der Waals surface area contributed by atoms with Gasteiger partial charge in [0.05, 0.1) is 0 Å². The molecule has 1 atom stereocenters. The van der Waals surface area contributed by atoms with Crippen LogP contribution >= 0.6 is 22.6 Å². The molecule has 1 unspecified atom stereocenters. The van der Waals surface area contributed by atoms with Crippen LogP contribution in [0.1, 0.15) is 19.8 Å². The normalized spacial score (nSPS) is 18.3. The molecule has 0 bridgehead atoms. The lowest BCUT2D eigenvalue weighted by atomic mass is 10.2. The van der Waals surface area contributed by atoms with Gasteiger partial charge in [-0.3, -0.25) is 0 Å². The van der Waals surface area contributed by atoms with Crippen molar-refractivity contribution in [3.63, 3.8) is 0 Å². The summed E-state index contributed by atoms with van der Waals surface area (Å²) in [4.78, 5) is 0. The summed E-state index contributed by atoms with van der Waals surface area (Å²) in [5.74, 6) is 0.913. The Morgan fingerprint density at radius 2 is 2.08 bits per heavy atom. The molecule has 0 amide bonds. The average molecular weight is 287 g/mol. The number of benzene rings is 1. The summed E-state index contributed by atoms with van der Waals surface area (Å²) < 4.78 is 1.31. The van der Waals surface area contributed by atoms with E-state index in [2.05, 4.69) is 59.1 Å². The van der Waals surface area contributed by atoms with Crippen LogP contribution in [0, 0.1) is 9.49 Å². The van der Waals surface area contributed by atoms with Gasteiger partial charge in [0.15, 0.2) is 0 Å². The molecule has 1 aliphatic rings. The molecular formula is C11H14IN. The van der Waals surface area contributed by atoms with Gasteiger partial charge in [0.2, 0.25) is 0 Å². The molecule has 1 fully saturated rings. The number of nitrogens with one attached hydrogen (secondary N) is 1. The molecule has 0 saturated heterocycles. The third-order valence-corrected chi connectivity index (χ3v) is 3.53. The lowest BCUT2D eigenvalue weighted by Crippen LogP contribution is -2.17. The van der Waals surface area contributed by atoms with Gasteiger partial charge in [-0.2, -0.15) is 0 Å². The molecule has 1 aromatic rings. The molecule has 0 spiro atoms. The van der Waals surface area contributed by atoms with Gasteiger partial charge in [-0.15, -0.1) is 0 Å². The van der Waals surface area contributed by atoms with Gasteiger partial charge in [0, 0.05) is 15.3 Å². The van der Waals surface area contributed by atoms with Crippen molar-refractivity contribution in [3.05, 3.63) is 27.8 Å². The number of hydrogen-bond donors (Lipinski definition) is 1. The van der Waals surface area contributed by atoms with Crippen LogP contribution in [0.3, 0.4) is 0 Å². The predicted molar refractivity (Wildman–Crippen MR) is 65.0 cm³/mol. The maximum Gasteiger partial charge on any atom is 0.0478 e. The molecule has 1 nitrogen and oxygen atoms in total. The van der Waals surface area contributed by atoms with Crippen molar-refractivity contribution in [1.82, 2.24) is 0 Å². The van der Waals surface area contributed by atoms with Crippen molar-refractivity contribution in [2.24, 2.45) is 5.92 Å². The minimum Gasteiger partial charge on any atom is -0.381 e. The van der Waals surface area contributed by atoms with Crippen LogP contribution < -0.4 is 5.32 Å². The highest BCUT2D eigenvalue weighted by Crippen LogP contribution is 2.34. The van der Waals surface area contributed by atoms with Crippen LogP contribution in [0.25, 0.3) is 0 Å². The van der Waals surface area contributed by atoms with Crippen LogP contribution in [0.5, 0.6) is 0 Å². The molecule has 1 saturated carbocycles. The Hall–Kier alpha value is -0.250. The second kappa shape index (κ2) is 3.86. The van der Waals surface area contributed by atoms with Gasteiger partial charge in [-0.25, -0.2) is 0 Å². The first-order chi connectivity index (χ1) is 6.27. The highest BCUT2D eigenvalue weighted by Gasteiger charge is 2.27. The highest BCUT2D eigenvalue weighted by molar-refractivity contribution is 14.1. The summed E-state index contributed by atoms with van der Waals surface area (Å²) in [6, 6.07) is 9.10. The van der Waals surface area contributed by atoms with Crippen LogP contribution in [-0.2, 0) is 0 Å². The number of anilines is 1. The number of rotatable bonds is 3. The number of para-hydroxylation sites is 1. The van der Waals surface area contributed by atoms with E-state index in [1.165, 1.54) is 22.1 Å². The Kier molecular flexibility index (Phi) is 2.77. The zero-order chi connectivity index (χ0) is 9.26. The summed E-state index contributed by atoms with van der Waals surface area (Å²) in [6.45, 7) is 2.28. The Bertz CT molecular complexity index is 294. The van der Waals surface area contributed by atoms with E-state index >= 15 is 0 Å². The maximum absolute atomic E-state index is 3.56. The topological polar surface area (TPSA) is 12.0 Å². The van der Waals surface area contributed by atoms with E-state index in [0.29, 0.717) is 6.04 Å². The minimum absolute atomic E-state index is 0.635. The monoisotopic (exact) mass is 287 g/mol. The third kappa shape index (κ3) is 2.36. The van der Waals surface area contributed by atoms with E-state index in [4.69, 9.17) is 0 Å². The van der Waals surface area contributed by atoms with Crippen LogP contribution in [0.2, 0.25) is 0 Å². The van der Waals surface area contributed by atoms with E-state index < -0.39 is 0 Å². The van der Waals surface area contributed by atoms with Crippen molar-refractivity contribution >= 4 is 28.3 Å². The zero-order valence-corrected chi connectivity index (χ0v) is 9.91. The number of halogens is 1. The van der Waals surface area contributed by atoms with E-state index in [-0.39, 0.29) is 0 Å². The third-order valence-electron chi connectivity index (χ3n) is 2.59. The fraction of sp³-hybridized carbons (Fsp3) is 0.455. The van der Waals surface area contributed by atoms with Crippen molar-refractivity contribution in [3.8, 4) is 0 Å². The van der Waals surface area contributed by atoms with Crippen LogP contribution in [-0.4, -0.2) is 6.04 Å². The van der Waals surface area contributed by atoms with Crippen molar-refractivity contribution < 1.29 is 0 Å². The molecule has 0 aromatic heterocycles. The van der Waals surface area contributed by atoms with Gasteiger partial charge >= 0.3 is 0 Å². The maximum atomic E-state index is 3.56. The summed E-state index contributed by atoms with van der Waals surface area (Å²) >= 11 is 2.38. The largest absolute Gasteiger partial charge is 0.381 e. The molecule has 0 radical (unpaired) electrons. The summed E-state index contributed by atoms with van der Waals surface area (Å²) in [6.07, 6.45) is 2.80. The molecule has 0 aliphatic heterocycles. The van der Waals surface area contributed by atoms with E-state index in [1.54, 1.807) is 0 Å². The molecule has 2 heteroatoms. The van der Waals surface area contributed by atoms with Crippen molar-refractivity contribution in [1.29, 1.82) is 0 Å². The Balaban J connectivity index is 2.03. The van der Waals surface area contributed by atoms with Gasteiger partial charge in [0.25, 0.3) is 0 Å². The van der Waals surface area contributed by atoms with Crippen LogP contribution in [0.15, 0.2) is 24.3 Å². The average Bonchev–Trinajstić information content (AvgIpc) is 2.91. The summed E-state index contributed by atoms with van der Waals surface area (Å²) in [5.41, 5.74) is 1.28. The van der Waals surface area contributed by atoms with Crippen molar-refractivity contribution in [2.45, 2.75) is 25.8 Å². The molecule has 1 N–H and O–H groups in total. The molecule has 1 aliphatic carbocycles. The molecule has 70 valence electrons. The summed E-state index contributed by atoms with van der Waals surface area (Å²) in [5, 5.41) is 3.56. The standard InChI is InChI=1S/C11H14IN/c1-8(9-6-7-9)13-11-5-3-2-4-10(11)12/h2-5,8-9,13H,6-7H2,1H3. The first kappa shape index (κ1) is 9.31. The minimum atomic E-state index is 0.635. The Morgan fingerprint density at radius 1 is 1.38 bits per heavy atom. The molecule has 2 rings (SSSR count). The number of hydrogen-bond acceptors (Lipinski definition) is 1. The van der Waals surface area contributed by atoms with Gasteiger partial charge in [0.1, 0.15) is 0 Å². The fourth-order valence-corrected chi connectivity index (χ4v) is 2.08. The molecular weight excluding hydrogens is 273 g/mol. The quantitative estimate of drug-likeness (QED) is 0.839. The van der Waals surface area contributed by atoms with Gasteiger partial charge in [-0.1, -0.05) is 12.1 Å². The Morgan fingerprint density at radius 3 is 2.69 bits per heavy atom. The predicted octanol–water partition coefficient (Wildman–Crippen LogP) is 3.50. The van der Waals surface area contributed by atoms with Crippen molar-refractivity contribution in [2.75, 3.05) is 5.32 Å². The SMILES string of the molecule is CC(Nc1ccccc1I)C1CC1. The van der Waals surface area contributed by atoms with E-state index in [9.17, 15) is 0 Å². The zero-order valence-electron chi connectivity index (χ0n) is 7.76. The van der Waals surface area contributed by atoms with E-state index in [1.807, 2.05) is 0 Å². The lowest BCUT2D eigenvalue weighted by Gasteiger charge is -2.15. The fourth-order valence-electron chi connectivity index (χ4n) is 1.54. The first-order valence-corrected chi connectivity index (χ1v) is 5.86. The molecule has 1 aromatic carbocycles.